The third kappa shape index (κ3) is 4.79. The minimum absolute atomic E-state index is 0.00249. The van der Waals surface area contributed by atoms with Gasteiger partial charge in [-0.3, -0.25) is 9.59 Å². The summed E-state index contributed by atoms with van der Waals surface area (Å²) in [6.07, 6.45) is 0.550. The number of fused-ring (bicyclic) bond motifs is 3. The van der Waals surface area contributed by atoms with Crippen molar-refractivity contribution in [3.8, 4) is 11.1 Å². The molecule has 4 rings (SSSR count). The predicted octanol–water partition coefficient (Wildman–Crippen LogP) is 4.17. The second-order valence-corrected chi connectivity index (χ2v) is 9.74. The van der Waals surface area contributed by atoms with Crippen LogP contribution in [-0.4, -0.2) is 41.8 Å². The SMILES string of the molecule is CC(C)C(C(=O)O)C(C)NC(=O)C1CC(NC(=O)OCC2c3ccccc3-c3ccccc32)C1. The number of benzene rings is 2. The van der Waals surface area contributed by atoms with Crippen LogP contribution in [0.4, 0.5) is 4.79 Å². The largest absolute Gasteiger partial charge is 0.481 e. The van der Waals surface area contributed by atoms with E-state index in [0.29, 0.717) is 12.8 Å². The zero-order valence-corrected chi connectivity index (χ0v) is 19.8. The van der Waals surface area contributed by atoms with Crippen molar-refractivity contribution < 1.29 is 24.2 Å². The zero-order valence-electron chi connectivity index (χ0n) is 19.8. The number of carbonyl (C=O) groups is 3. The van der Waals surface area contributed by atoms with Crippen molar-refractivity contribution in [2.24, 2.45) is 17.8 Å². The number of carbonyl (C=O) groups excluding carboxylic acids is 2. The van der Waals surface area contributed by atoms with Crippen molar-refractivity contribution in [2.75, 3.05) is 6.61 Å². The first-order valence-electron chi connectivity index (χ1n) is 11.9. The van der Waals surface area contributed by atoms with Crippen LogP contribution >= 0.6 is 0 Å². The van der Waals surface area contributed by atoms with Crippen molar-refractivity contribution in [1.82, 2.24) is 10.6 Å². The van der Waals surface area contributed by atoms with Gasteiger partial charge in [0.25, 0.3) is 0 Å². The van der Waals surface area contributed by atoms with E-state index in [9.17, 15) is 19.5 Å². The Kier molecular flexibility index (Phi) is 6.91. The summed E-state index contributed by atoms with van der Waals surface area (Å²) in [7, 11) is 0. The van der Waals surface area contributed by atoms with E-state index in [0.717, 1.165) is 11.1 Å². The number of rotatable bonds is 8. The van der Waals surface area contributed by atoms with Crippen LogP contribution in [0.15, 0.2) is 48.5 Å². The van der Waals surface area contributed by atoms with Crippen LogP contribution in [0.2, 0.25) is 0 Å². The lowest BCUT2D eigenvalue weighted by molar-refractivity contribution is -0.144. The number of ether oxygens (including phenoxy) is 1. The molecule has 3 N–H and O–H groups in total. The summed E-state index contributed by atoms with van der Waals surface area (Å²) in [6, 6.07) is 15.8. The Labute approximate surface area is 199 Å². The minimum atomic E-state index is -0.911. The molecule has 0 heterocycles. The van der Waals surface area contributed by atoms with Crippen molar-refractivity contribution in [3.63, 3.8) is 0 Å². The quantitative estimate of drug-likeness (QED) is 0.544. The van der Waals surface area contributed by atoms with Gasteiger partial charge in [-0.1, -0.05) is 62.4 Å². The van der Waals surface area contributed by atoms with Gasteiger partial charge in [0.05, 0.1) is 5.92 Å². The van der Waals surface area contributed by atoms with E-state index >= 15 is 0 Å². The molecule has 2 aliphatic rings. The van der Waals surface area contributed by atoms with E-state index in [2.05, 4.69) is 34.9 Å². The predicted molar refractivity (Wildman–Crippen MR) is 128 cm³/mol. The van der Waals surface area contributed by atoms with Gasteiger partial charge in [-0.15, -0.1) is 0 Å². The summed E-state index contributed by atoms with van der Waals surface area (Å²) in [4.78, 5) is 36.4. The lowest BCUT2D eigenvalue weighted by Crippen LogP contribution is -2.52. The van der Waals surface area contributed by atoms with Gasteiger partial charge < -0.3 is 20.5 Å². The molecule has 2 atom stereocenters. The van der Waals surface area contributed by atoms with Gasteiger partial charge in [0, 0.05) is 23.9 Å². The monoisotopic (exact) mass is 464 g/mol. The van der Waals surface area contributed by atoms with Gasteiger partial charge in [0.15, 0.2) is 0 Å². The lowest BCUT2D eigenvalue weighted by Gasteiger charge is -2.36. The fourth-order valence-corrected chi connectivity index (χ4v) is 5.26. The summed E-state index contributed by atoms with van der Waals surface area (Å²) in [5.74, 6) is -2.03. The van der Waals surface area contributed by atoms with E-state index < -0.39 is 24.0 Å². The van der Waals surface area contributed by atoms with Gasteiger partial charge in [-0.25, -0.2) is 4.79 Å². The first kappa shape index (κ1) is 23.8. The molecule has 1 saturated carbocycles. The van der Waals surface area contributed by atoms with E-state index in [-0.39, 0.29) is 36.3 Å². The molecular weight excluding hydrogens is 432 g/mol. The Hall–Kier alpha value is -3.35. The number of nitrogens with one attached hydrogen (secondary N) is 2. The topological polar surface area (TPSA) is 105 Å². The Bertz CT molecular complexity index is 1030. The van der Waals surface area contributed by atoms with E-state index in [4.69, 9.17) is 4.74 Å². The zero-order chi connectivity index (χ0) is 24.4. The Morgan fingerprint density at radius 2 is 1.53 bits per heavy atom. The minimum Gasteiger partial charge on any atom is -0.481 e. The highest BCUT2D eigenvalue weighted by atomic mass is 16.5. The molecule has 2 amide bonds. The van der Waals surface area contributed by atoms with Gasteiger partial charge >= 0.3 is 12.1 Å². The maximum Gasteiger partial charge on any atom is 0.407 e. The number of amides is 2. The fourth-order valence-electron chi connectivity index (χ4n) is 5.26. The molecule has 0 bridgehead atoms. The fraction of sp³-hybridized carbons (Fsp3) is 0.444. The van der Waals surface area contributed by atoms with E-state index in [1.807, 2.05) is 38.1 Å². The van der Waals surface area contributed by atoms with Crippen molar-refractivity contribution in [3.05, 3.63) is 59.7 Å². The second-order valence-electron chi connectivity index (χ2n) is 9.74. The van der Waals surface area contributed by atoms with Crippen molar-refractivity contribution >= 4 is 18.0 Å². The van der Waals surface area contributed by atoms with Gasteiger partial charge in [0.1, 0.15) is 6.61 Å². The molecule has 0 aliphatic heterocycles. The molecule has 7 heteroatoms. The molecule has 0 radical (unpaired) electrons. The number of carboxylic acid groups (broad SMARTS) is 1. The molecule has 180 valence electrons. The summed E-state index contributed by atoms with van der Waals surface area (Å²) in [5, 5.41) is 15.1. The third-order valence-corrected chi connectivity index (χ3v) is 7.09. The third-order valence-electron chi connectivity index (χ3n) is 7.09. The van der Waals surface area contributed by atoms with Crippen LogP contribution < -0.4 is 10.6 Å². The van der Waals surface area contributed by atoms with Crippen LogP contribution in [0, 0.1) is 17.8 Å². The number of hydrogen-bond acceptors (Lipinski definition) is 4. The highest BCUT2D eigenvalue weighted by Crippen LogP contribution is 2.44. The van der Waals surface area contributed by atoms with E-state index in [1.54, 1.807) is 6.92 Å². The number of aliphatic carboxylic acids is 1. The highest BCUT2D eigenvalue weighted by molar-refractivity contribution is 5.82. The molecule has 0 aromatic heterocycles. The molecular formula is C27H32N2O5. The molecule has 7 nitrogen and oxygen atoms in total. The maximum atomic E-state index is 12.5. The van der Waals surface area contributed by atoms with Crippen LogP contribution in [-0.2, 0) is 14.3 Å². The highest BCUT2D eigenvalue weighted by Gasteiger charge is 2.38. The van der Waals surface area contributed by atoms with Crippen LogP contribution in [0.25, 0.3) is 11.1 Å². The summed E-state index contributed by atoms with van der Waals surface area (Å²) < 4.78 is 5.57. The molecule has 0 saturated heterocycles. The van der Waals surface area contributed by atoms with Crippen LogP contribution in [0.1, 0.15) is 50.7 Å². The maximum absolute atomic E-state index is 12.5. The Morgan fingerprint density at radius 3 is 2.06 bits per heavy atom. The van der Waals surface area contributed by atoms with Gasteiger partial charge in [0.2, 0.25) is 5.91 Å². The van der Waals surface area contributed by atoms with Gasteiger partial charge in [-0.05, 0) is 47.9 Å². The molecule has 2 aromatic carbocycles. The second kappa shape index (κ2) is 9.87. The normalized spacial score (nSPS) is 20.5. The standard InChI is InChI=1S/C27H32N2O5/c1-15(2)24(26(31)32)16(3)28-25(30)17-12-18(13-17)29-27(33)34-14-23-21-10-6-4-8-19(21)20-9-5-7-11-22(20)23/h4-11,15-18,23-24H,12-14H2,1-3H3,(H,28,30)(H,29,33)(H,31,32). The molecule has 2 aliphatic carbocycles. The Morgan fingerprint density at radius 1 is 0.971 bits per heavy atom. The summed E-state index contributed by atoms with van der Waals surface area (Å²) in [6.45, 7) is 5.64. The van der Waals surface area contributed by atoms with Gasteiger partial charge in [-0.2, -0.15) is 0 Å². The molecule has 1 fully saturated rings. The first-order chi connectivity index (χ1) is 16.3. The summed E-state index contributed by atoms with van der Waals surface area (Å²) in [5.41, 5.74) is 4.67. The average Bonchev–Trinajstić information content (AvgIpc) is 3.07. The lowest BCUT2D eigenvalue weighted by atomic mass is 9.79. The number of carboxylic acids is 1. The Balaban J connectivity index is 1.25. The smallest absolute Gasteiger partial charge is 0.407 e. The number of hydrogen-bond donors (Lipinski definition) is 3. The molecule has 2 aromatic rings. The molecule has 2 unspecified atom stereocenters. The van der Waals surface area contributed by atoms with Crippen molar-refractivity contribution in [2.45, 2.75) is 51.6 Å². The van der Waals surface area contributed by atoms with Crippen LogP contribution in [0.5, 0.6) is 0 Å². The molecule has 0 spiro atoms. The summed E-state index contributed by atoms with van der Waals surface area (Å²) >= 11 is 0. The molecule has 34 heavy (non-hydrogen) atoms. The van der Waals surface area contributed by atoms with Crippen molar-refractivity contribution in [1.29, 1.82) is 0 Å². The average molecular weight is 465 g/mol. The number of alkyl carbamates (subject to hydrolysis) is 1. The van der Waals surface area contributed by atoms with Crippen LogP contribution in [0.3, 0.4) is 0 Å². The van der Waals surface area contributed by atoms with E-state index in [1.165, 1.54) is 11.1 Å². The first-order valence-corrected chi connectivity index (χ1v) is 11.9.